The zero-order valence-electron chi connectivity index (χ0n) is 11.4. The van der Waals surface area contributed by atoms with Crippen molar-refractivity contribution in [1.29, 1.82) is 0 Å². The summed E-state index contributed by atoms with van der Waals surface area (Å²) >= 11 is 0. The number of benzene rings is 1. The Morgan fingerprint density at radius 2 is 2.06 bits per heavy atom. The average Bonchev–Trinajstić information content (AvgIpc) is 2.36. The Kier molecular flexibility index (Phi) is 5.44. The number of hydrogen-bond donors (Lipinski definition) is 2. The lowest BCUT2D eigenvalue weighted by Crippen LogP contribution is -2.34. The molecule has 4 heteroatoms. The van der Waals surface area contributed by atoms with Crippen LogP contribution in [0.15, 0.2) is 18.2 Å². The van der Waals surface area contributed by atoms with Gasteiger partial charge in [-0.1, -0.05) is 6.07 Å². The molecule has 18 heavy (non-hydrogen) atoms. The van der Waals surface area contributed by atoms with Gasteiger partial charge >= 0.3 is 0 Å². The minimum Gasteiger partial charge on any atom is -0.493 e. The van der Waals surface area contributed by atoms with Gasteiger partial charge in [-0.15, -0.1) is 0 Å². The fraction of sp³-hybridized carbons (Fsp3) is 0.571. The van der Waals surface area contributed by atoms with E-state index in [4.69, 9.17) is 15.2 Å². The lowest BCUT2D eigenvalue weighted by molar-refractivity contribution is 0.0535. The molecule has 0 aromatic heterocycles. The summed E-state index contributed by atoms with van der Waals surface area (Å²) in [5.41, 5.74) is 5.78. The third-order valence-corrected chi connectivity index (χ3v) is 2.88. The summed E-state index contributed by atoms with van der Waals surface area (Å²) in [6.07, 6.45) is 1.37. The molecule has 0 aliphatic heterocycles. The average molecular weight is 253 g/mol. The predicted molar refractivity (Wildman–Crippen MR) is 72.1 cm³/mol. The Balaban J connectivity index is 2.44. The largest absolute Gasteiger partial charge is 0.493 e. The maximum absolute atomic E-state index is 9.75. The second-order valence-corrected chi connectivity index (χ2v) is 4.81. The summed E-state index contributed by atoms with van der Waals surface area (Å²) in [4.78, 5) is 0. The highest BCUT2D eigenvalue weighted by molar-refractivity contribution is 5.42. The first-order valence-corrected chi connectivity index (χ1v) is 6.18. The normalized spacial score (nSPS) is 14.1. The highest BCUT2D eigenvalue weighted by atomic mass is 16.5. The van der Waals surface area contributed by atoms with E-state index in [0.717, 1.165) is 23.5 Å². The van der Waals surface area contributed by atoms with Gasteiger partial charge < -0.3 is 20.3 Å². The first-order chi connectivity index (χ1) is 8.48. The first kappa shape index (κ1) is 14.8. The van der Waals surface area contributed by atoms with E-state index in [9.17, 15) is 5.11 Å². The van der Waals surface area contributed by atoms with Crippen molar-refractivity contribution >= 4 is 0 Å². The van der Waals surface area contributed by atoms with Crippen molar-refractivity contribution in [3.8, 4) is 11.5 Å². The quantitative estimate of drug-likeness (QED) is 0.728. The Bertz CT molecular complexity index is 377. The summed E-state index contributed by atoms with van der Waals surface area (Å²) in [5, 5.41) is 9.75. The molecular formula is C14H23NO3. The van der Waals surface area contributed by atoms with Crippen molar-refractivity contribution in [1.82, 2.24) is 0 Å². The van der Waals surface area contributed by atoms with Gasteiger partial charge in [0.25, 0.3) is 0 Å². The zero-order valence-corrected chi connectivity index (χ0v) is 11.4. The number of rotatable bonds is 7. The molecule has 0 heterocycles. The minimum atomic E-state index is -0.805. The van der Waals surface area contributed by atoms with Crippen molar-refractivity contribution in [3.63, 3.8) is 0 Å². The van der Waals surface area contributed by atoms with Crippen LogP contribution in [-0.2, 0) is 0 Å². The fourth-order valence-electron chi connectivity index (χ4n) is 1.63. The predicted octanol–water partition coefficient (Wildman–Crippen LogP) is 1.87. The van der Waals surface area contributed by atoms with E-state index in [0.29, 0.717) is 13.0 Å². The molecule has 3 N–H and O–H groups in total. The number of ether oxygens (including phenoxy) is 2. The van der Waals surface area contributed by atoms with Crippen LogP contribution in [0.25, 0.3) is 0 Å². The Labute approximate surface area is 109 Å². The van der Waals surface area contributed by atoms with E-state index >= 15 is 0 Å². The van der Waals surface area contributed by atoms with Crippen molar-refractivity contribution < 1.29 is 14.6 Å². The monoisotopic (exact) mass is 253 g/mol. The Morgan fingerprint density at radius 1 is 1.33 bits per heavy atom. The molecule has 1 rings (SSSR count). The topological polar surface area (TPSA) is 64.7 Å². The first-order valence-electron chi connectivity index (χ1n) is 6.18. The molecule has 0 radical (unpaired) electrons. The summed E-state index contributed by atoms with van der Waals surface area (Å²) in [7, 11) is 1.63. The Hall–Kier alpha value is -1.26. The number of aliphatic hydroxyl groups is 1. The van der Waals surface area contributed by atoms with Gasteiger partial charge in [0.1, 0.15) is 0 Å². The number of hydrogen-bond acceptors (Lipinski definition) is 4. The molecule has 1 unspecified atom stereocenters. The van der Waals surface area contributed by atoms with Crippen LogP contribution in [0.1, 0.15) is 25.3 Å². The summed E-state index contributed by atoms with van der Waals surface area (Å²) in [6.45, 7) is 4.54. The molecule has 0 bridgehead atoms. The highest BCUT2D eigenvalue weighted by Gasteiger charge is 2.17. The molecule has 0 aliphatic rings. The molecule has 0 saturated heterocycles. The second-order valence-electron chi connectivity index (χ2n) is 4.81. The third kappa shape index (κ3) is 4.55. The van der Waals surface area contributed by atoms with Gasteiger partial charge in [0, 0.05) is 6.54 Å². The molecule has 0 spiro atoms. The van der Waals surface area contributed by atoms with E-state index in [2.05, 4.69) is 0 Å². The minimum absolute atomic E-state index is 0.265. The van der Waals surface area contributed by atoms with Crippen LogP contribution >= 0.6 is 0 Å². The van der Waals surface area contributed by atoms with E-state index in [1.807, 2.05) is 25.1 Å². The van der Waals surface area contributed by atoms with E-state index in [1.54, 1.807) is 14.0 Å². The number of nitrogens with two attached hydrogens (primary N) is 1. The van der Waals surface area contributed by atoms with Crippen LogP contribution in [-0.4, -0.2) is 31.0 Å². The standard InChI is InChI=1S/C14H23NO3/c1-11-5-6-12(13(9-11)17-3)18-8-4-7-14(2,16)10-15/h5-6,9,16H,4,7-8,10,15H2,1-3H3. The van der Waals surface area contributed by atoms with Crippen molar-refractivity contribution in [2.45, 2.75) is 32.3 Å². The molecule has 1 atom stereocenters. The molecular weight excluding hydrogens is 230 g/mol. The van der Waals surface area contributed by atoms with Crippen molar-refractivity contribution in [2.24, 2.45) is 5.73 Å². The van der Waals surface area contributed by atoms with Gasteiger partial charge in [0.05, 0.1) is 19.3 Å². The number of aryl methyl sites for hydroxylation is 1. The lowest BCUT2D eigenvalue weighted by Gasteiger charge is -2.20. The summed E-state index contributed by atoms with van der Waals surface area (Å²) < 4.78 is 10.9. The molecule has 102 valence electrons. The van der Waals surface area contributed by atoms with Gasteiger partial charge in [0.15, 0.2) is 11.5 Å². The molecule has 0 aliphatic carbocycles. The van der Waals surface area contributed by atoms with Crippen LogP contribution in [0.2, 0.25) is 0 Å². The van der Waals surface area contributed by atoms with E-state index < -0.39 is 5.60 Å². The smallest absolute Gasteiger partial charge is 0.161 e. The molecule has 0 saturated carbocycles. The maximum atomic E-state index is 9.75. The van der Waals surface area contributed by atoms with Crippen LogP contribution in [0.4, 0.5) is 0 Å². The van der Waals surface area contributed by atoms with Crippen LogP contribution < -0.4 is 15.2 Å². The summed E-state index contributed by atoms with van der Waals surface area (Å²) in [5.74, 6) is 1.47. The third-order valence-electron chi connectivity index (χ3n) is 2.88. The molecule has 1 aromatic rings. The SMILES string of the molecule is COc1cc(C)ccc1OCCCC(C)(O)CN. The van der Waals surface area contributed by atoms with Gasteiger partial charge in [-0.25, -0.2) is 0 Å². The Morgan fingerprint density at radius 3 is 2.67 bits per heavy atom. The highest BCUT2D eigenvalue weighted by Crippen LogP contribution is 2.28. The molecule has 1 aromatic carbocycles. The fourth-order valence-corrected chi connectivity index (χ4v) is 1.63. The molecule has 4 nitrogen and oxygen atoms in total. The molecule has 0 fully saturated rings. The lowest BCUT2D eigenvalue weighted by atomic mass is 10.0. The molecule has 0 amide bonds. The summed E-state index contributed by atoms with van der Waals surface area (Å²) in [6, 6.07) is 5.81. The number of methoxy groups -OCH3 is 1. The van der Waals surface area contributed by atoms with E-state index in [1.165, 1.54) is 0 Å². The zero-order chi connectivity index (χ0) is 13.6. The maximum Gasteiger partial charge on any atom is 0.161 e. The van der Waals surface area contributed by atoms with Crippen LogP contribution in [0.3, 0.4) is 0 Å². The second kappa shape index (κ2) is 6.61. The van der Waals surface area contributed by atoms with Gasteiger partial charge in [-0.05, 0) is 44.4 Å². The van der Waals surface area contributed by atoms with Gasteiger partial charge in [-0.2, -0.15) is 0 Å². The van der Waals surface area contributed by atoms with Crippen molar-refractivity contribution in [2.75, 3.05) is 20.3 Å². The van der Waals surface area contributed by atoms with E-state index in [-0.39, 0.29) is 6.54 Å². The van der Waals surface area contributed by atoms with Crippen LogP contribution in [0, 0.1) is 6.92 Å². The van der Waals surface area contributed by atoms with Crippen LogP contribution in [0.5, 0.6) is 11.5 Å². The van der Waals surface area contributed by atoms with Gasteiger partial charge in [0.2, 0.25) is 0 Å². The van der Waals surface area contributed by atoms with Crippen molar-refractivity contribution in [3.05, 3.63) is 23.8 Å². The van der Waals surface area contributed by atoms with Gasteiger partial charge in [-0.3, -0.25) is 0 Å².